The standard InChI is InChI=1S/C40H53N3O4/c1-28(23-29-7-3-2-4-8-29)31-9-5-10-32(15-14-31)38(46)27-36(44)16-12-30-13-17-37(45)39(24-30)47-22-19-34(25-35-11-6-20-42-35)33-18-21-43-40(41)26-33/h2-4,6-8,11,13,17-18,20-21,24,26,28,31-32,34,36,38,42,44-46H,5,9-10,12,14-16,19,22-23,25,27H2,1H3,(H2,41,43)/t28-,31+,32-,34-,36-,38-/m1/s1. The van der Waals surface area contributed by atoms with Gasteiger partial charge >= 0.3 is 0 Å². The molecule has 1 aliphatic rings. The molecule has 0 bridgehead atoms. The number of aromatic amines is 1. The first kappa shape index (κ1) is 34.5. The highest BCUT2D eigenvalue weighted by Gasteiger charge is 2.28. The van der Waals surface area contributed by atoms with Crippen molar-refractivity contribution < 1.29 is 20.1 Å². The number of aliphatic hydroxyl groups excluding tert-OH is 2. The van der Waals surface area contributed by atoms with Gasteiger partial charge in [0.2, 0.25) is 0 Å². The average Bonchev–Trinajstić information content (AvgIpc) is 3.45. The Bertz CT molecular complexity index is 1480. The number of nitrogens with two attached hydrogens (primary N) is 1. The first-order chi connectivity index (χ1) is 22.8. The highest BCUT2D eigenvalue weighted by Crippen LogP contribution is 2.36. The number of H-pyrrole nitrogens is 1. The number of nitrogens with zero attached hydrogens (tertiary/aromatic N) is 1. The highest BCUT2D eigenvalue weighted by molar-refractivity contribution is 5.42. The number of aromatic hydroxyl groups is 1. The smallest absolute Gasteiger partial charge is 0.161 e. The number of aliphatic hydroxyl groups is 2. The van der Waals surface area contributed by atoms with Gasteiger partial charge in [0.1, 0.15) is 5.82 Å². The van der Waals surface area contributed by atoms with Gasteiger partial charge in [0, 0.05) is 18.1 Å². The van der Waals surface area contributed by atoms with Gasteiger partial charge in [-0.25, -0.2) is 4.98 Å². The van der Waals surface area contributed by atoms with Crippen LogP contribution in [0.25, 0.3) is 0 Å². The summed E-state index contributed by atoms with van der Waals surface area (Å²) < 4.78 is 6.09. The number of rotatable bonds is 16. The van der Waals surface area contributed by atoms with E-state index in [4.69, 9.17) is 10.5 Å². The van der Waals surface area contributed by atoms with Crippen LogP contribution in [0.3, 0.4) is 0 Å². The molecule has 2 aromatic heterocycles. The minimum Gasteiger partial charge on any atom is -0.504 e. The maximum absolute atomic E-state index is 11.1. The van der Waals surface area contributed by atoms with Crippen LogP contribution in [-0.2, 0) is 19.3 Å². The Morgan fingerprint density at radius 1 is 0.894 bits per heavy atom. The van der Waals surface area contributed by atoms with Crippen LogP contribution >= 0.6 is 0 Å². The van der Waals surface area contributed by atoms with E-state index >= 15 is 0 Å². The number of ether oxygens (including phenoxy) is 1. The number of benzene rings is 2. The van der Waals surface area contributed by atoms with Gasteiger partial charge in [-0.3, -0.25) is 0 Å². The molecule has 7 heteroatoms. The van der Waals surface area contributed by atoms with Gasteiger partial charge in [0.15, 0.2) is 11.5 Å². The Kier molecular flexibility index (Phi) is 12.8. The summed E-state index contributed by atoms with van der Waals surface area (Å²) in [4.78, 5) is 7.42. The van der Waals surface area contributed by atoms with Gasteiger partial charge in [-0.05, 0) is 135 Å². The number of anilines is 1. The summed E-state index contributed by atoms with van der Waals surface area (Å²) in [6.45, 7) is 2.80. The van der Waals surface area contributed by atoms with Crippen LogP contribution in [0.4, 0.5) is 5.82 Å². The largest absolute Gasteiger partial charge is 0.504 e. The van der Waals surface area contributed by atoms with Crippen LogP contribution in [0.15, 0.2) is 85.2 Å². The second kappa shape index (κ2) is 17.4. The number of nitrogens with one attached hydrogen (secondary N) is 1. The van der Waals surface area contributed by atoms with Gasteiger partial charge in [0.05, 0.1) is 18.8 Å². The molecule has 0 spiro atoms. The molecule has 5 rings (SSSR count). The molecule has 1 aliphatic carbocycles. The van der Waals surface area contributed by atoms with Crippen LogP contribution < -0.4 is 10.5 Å². The van der Waals surface area contributed by atoms with Crippen molar-refractivity contribution in [3.63, 3.8) is 0 Å². The Labute approximate surface area is 280 Å². The molecular formula is C40H53N3O4. The van der Waals surface area contributed by atoms with E-state index in [0.717, 1.165) is 61.8 Å². The molecular weight excluding hydrogens is 586 g/mol. The predicted octanol–water partition coefficient (Wildman–Crippen LogP) is 7.61. The zero-order valence-corrected chi connectivity index (χ0v) is 27.8. The SMILES string of the molecule is C[C@H](Cc1ccccc1)[C@H]1CCC[C@@H]([C@H](O)C[C@H](O)CCc2ccc(O)c(OCC[C@H](Cc3ccc[nH]3)c3ccnc(N)c3)c2)CC1. The molecule has 0 radical (unpaired) electrons. The number of phenolic OH excluding ortho intramolecular Hbond substituents is 1. The van der Waals surface area contributed by atoms with E-state index in [0.29, 0.717) is 49.3 Å². The molecule has 1 saturated carbocycles. The fourth-order valence-corrected chi connectivity index (χ4v) is 7.39. The third-order valence-corrected chi connectivity index (χ3v) is 10.2. The van der Waals surface area contributed by atoms with Gasteiger partial charge in [-0.1, -0.05) is 56.2 Å². The van der Waals surface area contributed by atoms with Gasteiger partial charge < -0.3 is 30.8 Å². The Morgan fingerprint density at radius 3 is 2.49 bits per heavy atom. The lowest BCUT2D eigenvalue weighted by atomic mass is 9.83. The second-order valence-corrected chi connectivity index (χ2v) is 13.7. The second-order valence-electron chi connectivity index (χ2n) is 13.7. The summed E-state index contributed by atoms with van der Waals surface area (Å²) in [6.07, 6.45) is 12.4. The zero-order chi connectivity index (χ0) is 33.0. The van der Waals surface area contributed by atoms with E-state index in [-0.39, 0.29) is 17.6 Å². The van der Waals surface area contributed by atoms with Crippen molar-refractivity contribution in [2.75, 3.05) is 12.3 Å². The maximum atomic E-state index is 11.1. The lowest BCUT2D eigenvalue weighted by Gasteiger charge is -2.25. The van der Waals surface area contributed by atoms with Crippen molar-refractivity contribution in [3.8, 4) is 11.5 Å². The summed E-state index contributed by atoms with van der Waals surface area (Å²) in [5.74, 6) is 2.77. The third-order valence-electron chi connectivity index (χ3n) is 10.2. The van der Waals surface area contributed by atoms with Crippen molar-refractivity contribution in [1.82, 2.24) is 9.97 Å². The highest BCUT2D eigenvalue weighted by atomic mass is 16.5. The minimum absolute atomic E-state index is 0.101. The van der Waals surface area contributed by atoms with Gasteiger partial charge in [0.25, 0.3) is 0 Å². The maximum Gasteiger partial charge on any atom is 0.161 e. The lowest BCUT2D eigenvalue weighted by Crippen LogP contribution is -2.26. The zero-order valence-electron chi connectivity index (χ0n) is 27.8. The molecule has 252 valence electrons. The third kappa shape index (κ3) is 10.6. The van der Waals surface area contributed by atoms with Crippen LogP contribution in [0.1, 0.15) is 86.6 Å². The Morgan fingerprint density at radius 2 is 1.70 bits per heavy atom. The van der Waals surface area contributed by atoms with Gasteiger partial charge in [-0.15, -0.1) is 0 Å². The summed E-state index contributed by atoms with van der Waals surface area (Å²) in [5.41, 5.74) is 10.6. The van der Waals surface area contributed by atoms with E-state index in [1.54, 1.807) is 12.3 Å². The van der Waals surface area contributed by atoms with Crippen molar-refractivity contribution in [3.05, 3.63) is 108 Å². The number of phenols is 1. The van der Waals surface area contributed by atoms with E-state index in [9.17, 15) is 15.3 Å². The van der Waals surface area contributed by atoms with Crippen LogP contribution in [-0.4, -0.2) is 44.1 Å². The van der Waals surface area contributed by atoms with E-state index in [2.05, 4.69) is 53.3 Å². The predicted molar refractivity (Wildman–Crippen MR) is 188 cm³/mol. The molecule has 4 aromatic rings. The summed E-state index contributed by atoms with van der Waals surface area (Å²) in [5, 5.41) is 32.5. The molecule has 2 aromatic carbocycles. The molecule has 0 aliphatic heterocycles. The number of hydrogen-bond acceptors (Lipinski definition) is 6. The molecule has 0 amide bonds. The summed E-state index contributed by atoms with van der Waals surface area (Å²) >= 11 is 0. The topological polar surface area (TPSA) is 125 Å². The van der Waals surface area contributed by atoms with Crippen LogP contribution in [0.5, 0.6) is 11.5 Å². The fourth-order valence-electron chi connectivity index (χ4n) is 7.39. The average molecular weight is 640 g/mol. The number of nitrogen functional groups attached to an aromatic ring is 1. The quantitative estimate of drug-likeness (QED) is 0.0804. The molecule has 47 heavy (non-hydrogen) atoms. The normalized spacial score (nSPS) is 19.4. The van der Waals surface area contributed by atoms with Crippen molar-refractivity contribution >= 4 is 5.82 Å². The molecule has 2 heterocycles. The molecule has 6 atom stereocenters. The molecule has 0 saturated heterocycles. The van der Waals surface area contributed by atoms with Crippen molar-refractivity contribution in [1.29, 1.82) is 0 Å². The van der Waals surface area contributed by atoms with Crippen LogP contribution in [0, 0.1) is 17.8 Å². The fraction of sp³-hybridized carbons (Fsp3) is 0.475. The van der Waals surface area contributed by atoms with E-state index in [1.807, 2.05) is 36.5 Å². The summed E-state index contributed by atoms with van der Waals surface area (Å²) in [7, 11) is 0. The number of aryl methyl sites for hydroxylation is 1. The van der Waals surface area contributed by atoms with E-state index < -0.39 is 12.2 Å². The number of pyridine rings is 1. The summed E-state index contributed by atoms with van der Waals surface area (Å²) in [6, 6.07) is 24.1. The van der Waals surface area contributed by atoms with E-state index in [1.165, 1.54) is 12.0 Å². The molecule has 0 unspecified atom stereocenters. The first-order valence-corrected chi connectivity index (χ1v) is 17.5. The molecule has 7 nitrogen and oxygen atoms in total. The lowest BCUT2D eigenvalue weighted by molar-refractivity contribution is 0.0350. The van der Waals surface area contributed by atoms with Gasteiger partial charge in [-0.2, -0.15) is 0 Å². The Balaban J connectivity index is 1.07. The number of aromatic nitrogens is 2. The first-order valence-electron chi connectivity index (χ1n) is 17.5. The number of hydrogen-bond donors (Lipinski definition) is 5. The van der Waals surface area contributed by atoms with Crippen LogP contribution in [0.2, 0.25) is 0 Å². The molecule has 6 N–H and O–H groups in total. The molecule has 1 fully saturated rings. The Hall–Kier alpha value is -3.81. The monoisotopic (exact) mass is 639 g/mol. The van der Waals surface area contributed by atoms with Crippen molar-refractivity contribution in [2.24, 2.45) is 17.8 Å². The minimum atomic E-state index is -0.583. The van der Waals surface area contributed by atoms with Crippen molar-refractivity contribution in [2.45, 2.75) is 95.7 Å².